The van der Waals surface area contributed by atoms with E-state index in [2.05, 4.69) is 38.1 Å². The Morgan fingerprint density at radius 2 is 1.86 bits per heavy atom. The summed E-state index contributed by atoms with van der Waals surface area (Å²) in [4.78, 5) is 2.28. The van der Waals surface area contributed by atoms with E-state index in [1.807, 2.05) is 0 Å². The van der Waals surface area contributed by atoms with Gasteiger partial charge < -0.3 is 4.90 Å². The fraction of sp³-hybridized carbons (Fsp3) is 0.846. The van der Waals surface area contributed by atoms with E-state index >= 15 is 0 Å². The standard InChI is InChI=1S/C13H25N/c1-12(2)14(3)11-7-10-13-8-5-4-6-9-13/h7,11-13H,4-6,8-10H2,1-3H3. The van der Waals surface area contributed by atoms with Crippen LogP contribution in [0.3, 0.4) is 0 Å². The second-order valence-electron chi connectivity index (χ2n) is 4.88. The van der Waals surface area contributed by atoms with Gasteiger partial charge in [0.05, 0.1) is 0 Å². The molecule has 0 heterocycles. The van der Waals surface area contributed by atoms with Gasteiger partial charge in [-0.3, -0.25) is 0 Å². The lowest BCUT2D eigenvalue weighted by molar-refractivity contribution is 0.352. The first-order valence-electron chi connectivity index (χ1n) is 6.08. The van der Waals surface area contributed by atoms with Crippen molar-refractivity contribution < 1.29 is 0 Å². The summed E-state index contributed by atoms with van der Waals surface area (Å²) in [6.45, 7) is 4.45. The van der Waals surface area contributed by atoms with E-state index in [0.29, 0.717) is 6.04 Å². The molecule has 0 saturated heterocycles. The zero-order chi connectivity index (χ0) is 10.4. The number of allylic oxidation sites excluding steroid dienone is 1. The Morgan fingerprint density at radius 3 is 2.43 bits per heavy atom. The third-order valence-corrected chi connectivity index (χ3v) is 3.35. The lowest BCUT2D eigenvalue weighted by atomic mass is 9.87. The Balaban J connectivity index is 2.18. The second kappa shape index (κ2) is 6.10. The fourth-order valence-corrected chi connectivity index (χ4v) is 2.01. The SMILES string of the molecule is CC(C)N(C)C=CCC1CCCCC1. The van der Waals surface area contributed by atoms with Crippen LogP contribution >= 0.6 is 0 Å². The van der Waals surface area contributed by atoms with Crippen LogP contribution in [0.4, 0.5) is 0 Å². The first-order valence-corrected chi connectivity index (χ1v) is 6.08. The van der Waals surface area contributed by atoms with Gasteiger partial charge in [-0.25, -0.2) is 0 Å². The van der Waals surface area contributed by atoms with Crippen LogP contribution in [-0.2, 0) is 0 Å². The number of hydrogen-bond acceptors (Lipinski definition) is 1. The van der Waals surface area contributed by atoms with Crippen LogP contribution in [0, 0.1) is 5.92 Å². The van der Waals surface area contributed by atoms with Gasteiger partial charge in [-0.1, -0.05) is 38.2 Å². The number of hydrogen-bond donors (Lipinski definition) is 0. The molecule has 1 aliphatic rings. The molecule has 0 aromatic rings. The van der Waals surface area contributed by atoms with Gasteiger partial charge in [0.15, 0.2) is 0 Å². The van der Waals surface area contributed by atoms with Crippen LogP contribution in [0.2, 0.25) is 0 Å². The molecule has 14 heavy (non-hydrogen) atoms. The number of nitrogens with zero attached hydrogens (tertiary/aromatic N) is 1. The van der Waals surface area contributed by atoms with Crippen molar-refractivity contribution in [1.29, 1.82) is 0 Å². The molecule has 0 N–H and O–H groups in total. The summed E-state index contributed by atoms with van der Waals surface area (Å²) in [5, 5.41) is 0. The predicted octanol–water partition coefficient (Wildman–Crippen LogP) is 3.81. The molecule has 0 unspecified atom stereocenters. The molecule has 82 valence electrons. The molecule has 1 heteroatoms. The summed E-state index contributed by atoms with van der Waals surface area (Å²) in [7, 11) is 2.15. The Morgan fingerprint density at radius 1 is 1.21 bits per heavy atom. The molecular formula is C13H25N. The first-order chi connectivity index (χ1) is 6.70. The van der Waals surface area contributed by atoms with Crippen LogP contribution < -0.4 is 0 Å². The molecule has 0 spiro atoms. The third kappa shape index (κ3) is 4.17. The maximum atomic E-state index is 2.36. The first kappa shape index (κ1) is 11.6. The van der Waals surface area contributed by atoms with Gasteiger partial charge in [0, 0.05) is 13.1 Å². The molecule has 1 saturated carbocycles. The molecule has 1 nitrogen and oxygen atoms in total. The lowest BCUT2D eigenvalue weighted by Crippen LogP contribution is -2.19. The maximum Gasteiger partial charge on any atom is 0.0224 e. The molecule has 0 atom stereocenters. The average molecular weight is 195 g/mol. The normalized spacial score (nSPS) is 19.4. The van der Waals surface area contributed by atoms with Gasteiger partial charge in [-0.05, 0) is 32.4 Å². The van der Waals surface area contributed by atoms with Crippen LogP contribution in [0.15, 0.2) is 12.3 Å². The summed E-state index contributed by atoms with van der Waals surface area (Å²) in [5.74, 6) is 0.973. The zero-order valence-electron chi connectivity index (χ0n) is 10.00. The topological polar surface area (TPSA) is 3.24 Å². The van der Waals surface area contributed by atoms with Crippen molar-refractivity contribution in [2.45, 2.75) is 58.4 Å². The zero-order valence-corrected chi connectivity index (χ0v) is 10.00. The van der Waals surface area contributed by atoms with Crippen LogP contribution in [0.25, 0.3) is 0 Å². The highest BCUT2D eigenvalue weighted by Gasteiger charge is 2.11. The lowest BCUT2D eigenvalue weighted by Gasteiger charge is -2.21. The minimum atomic E-state index is 0.623. The van der Waals surface area contributed by atoms with Crippen molar-refractivity contribution in [3.63, 3.8) is 0 Å². The van der Waals surface area contributed by atoms with E-state index < -0.39 is 0 Å². The summed E-state index contributed by atoms with van der Waals surface area (Å²) >= 11 is 0. The predicted molar refractivity (Wildman–Crippen MR) is 63.2 cm³/mol. The Hall–Kier alpha value is -0.460. The van der Waals surface area contributed by atoms with Crippen molar-refractivity contribution in [3.05, 3.63) is 12.3 Å². The molecule has 0 aromatic heterocycles. The molecule has 0 amide bonds. The highest BCUT2D eigenvalue weighted by molar-refractivity contribution is 4.85. The molecule has 0 aromatic carbocycles. The Kier molecular flexibility index (Phi) is 5.06. The van der Waals surface area contributed by atoms with E-state index in [4.69, 9.17) is 0 Å². The summed E-state index contributed by atoms with van der Waals surface area (Å²) < 4.78 is 0. The van der Waals surface area contributed by atoms with Gasteiger partial charge in [0.2, 0.25) is 0 Å². The third-order valence-electron chi connectivity index (χ3n) is 3.35. The molecule has 1 rings (SSSR count). The molecule has 0 radical (unpaired) electrons. The minimum absolute atomic E-state index is 0.623. The quantitative estimate of drug-likeness (QED) is 0.659. The van der Waals surface area contributed by atoms with Gasteiger partial charge >= 0.3 is 0 Å². The molecule has 1 fully saturated rings. The van der Waals surface area contributed by atoms with E-state index in [1.54, 1.807) is 0 Å². The smallest absolute Gasteiger partial charge is 0.0224 e. The summed E-state index contributed by atoms with van der Waals surface area (Å²) in [5.41, 5.74) is 0. The van der Waals surface area contributed by atoms with Crippen LogP contribution in [-0.4, -0.2) is 18.0 Å². The van der Waals surface area contributed by atoms with Crippen molar-refractivity contribution >= 4 is 0 Å². The fourth-order valence-electron chi connectivity index (χ4n) is 2.01. The average Bonchev–Trinajstić information content (AvgIpc) is 2.19. The second-order valence-corrected chi connectivity index (χ2v) is 4.88. The van der Waals surface area contributed by atoms with E-state index in [-0.39, 0.29) is 0 Å². The summed E-state index contributed by atoms with van der Waals surface area (Å²) in [6.07, 6.45) is 13.2. The Bertz CT molecular complexity index is 166. The highest BCUT2D eigenvalue weighted by Crippen LogP contribution is 2.26. The van der Waals surface area contributed by atoms with Gasteiger partial charge in [-0.15, -0.1) is 0 Å². The van der Waals surface area contributed by atoms with E-state index in [9.17, 15) is 0 Å². The van der Waals surface area contributed by atoms with Crippen molar-refractivity contribution in [2.75, 3.05) is 7.05 Å². The maximum absolute atomic E-state index is 2.36. The number of rotatable bonds is 4. The van der Waals surface area contributed by atoms with Gasteiger partial charge in [0.25, 0.3) is 0 Å². The van der Waals surface area contributed by atoms with Crippen molar-refractivity contribution in [3.8, 4) is 0 Å². The van der Waals surface area contributed by atoms with Crippen LogP contribution in [0.5, 0.6) is 0 Å². The molecule has 1 aliphatic carbocycles. The van der Waals surface area contributed by atoms with Gasteiger partial charge in [-0.2, -0.15) is 0 Å². The monoisotopic (exact) mass is 195 g/mol. The Labute approximate surface area is 89.2 Å². The highest BCUT2D eigenvalue weighted by atomic mass is 15.1. The van der Waals surface area contributed by atoms with Crippen molar-refractivity contribution in [1.82, 2.24) is 4.90 Å². The van der Waals surface area contributed by atoms with E-state index in [1.165, 1.54) is 38.5 Å². The molecule has 0 aliphatic heterocycles. The van der Waals surface area contributed by atoms with Crippen molar-refractivity contribution in [2.24, 2.45) is 5.92 Å². The van der Waals surface area contributed by atoms with Crippen LogP contribution in [0.1, 0.15) is 52.4 Å². The summed E-state index contributed by atoms with van der Waals surface area (Å²) in [6, 6.07) is 0.623. The minimum Gasteiger partial charge on any atom is -0.378 e. The van der Waals surface area contributed by atoms with E-state index in [0.717, 1.165) is 5.92 Å². The van der Waals surface area contributed by atoms with Gasteiger partial charge in [0.1, 0.15) is 0 Å². The largest absolute Gasteiger partial charge is 0.378 e. The molecule has 0 bridgehead atoms. The molecular weight excluding hydrogens is 170 g/mol.